The van der Waals surface area contributed by atoms with Crippen LogP contribution in [0.4, 0.5) is 11.4 Å². The number of carbonyl (C=O) groups excluding carboxylic acids is 2. The van der Waals surface area contributed by atoms with Gasteiger partial charge in [-0.15, -0.1) is 4.68 Å². The minimum atomic E-state index is -0.431. The Balaban J connectivity index is 1.41. The van der Waals surface area contributed by atoms with Crippen molar-refractivity contribution >= 4 is 22.9 Å². The summed E-state index contributed by atoms with van der Waals surface area (Å²) in [4.78, 5) is 31.7. The summed E-state index contributed by atoms with van der Waals surface area (Å²) in [7, 11) is 2.12. The molecule has 2 aliphatic rings. The lowest BCUT2D eigenvalue weighted by Gasteiger charge is -2.34. The van der Waals surface area contributed by atoms with Gasteiger partial charge in [0, 0.05) is 59.7 Å². The summed E-state index contributed by atoms with van der Waals surface area (Å²) in [5.74, 6) is -0.813. The Bertz CT molecular complexity index is 1260. The maximum Gasteiger partial charge on any atom is 0.223 e. The van der Waals surface area contributed by atoms with Gasteiger partial charge >= 0.3 is 0 Å². The summed E-state index contributed by atoms with van der Waals surface area (Å²) in [6.45, 7) is 5.17. The molecule has 1 fully saturated rings. The molecular weight excluding hydrogens is 446 g/mol. The quantitative estimate of drug-likeness (QED) is 0.229. The molecule has 1 saturated heterocycles. The van der Waals surface area contributed by atoms with Crippen molar-refractivity contribution in [3.63, 3.8) is 0 Å². The molecular formula is C25H29N7O3. The van der Waals surface area contributed by atoms with E-state index in [1.165, 1.54) is 4.68 Å². The number of hydrogen-bond acceptors (Lipinski definition) is 8. The maximum atomic E-state index is 13.4. The lowest BCUT2D eigenvalue weighted by atomic mass is 9.88. The fourth-order valence-corrected chi connectivity index (χ4v) is 4.67. The first-order valence-electron chi connectivity index (χ1n) is 11.9. The van der Waals surface area contributed by atoms with E-state index >= 15 is 0 Å². The second kappa shape index (κ2) is 9.47. The highest BCUT2D eigenvalue weighted by molar-refractivity contribution is 6.28. The first kappa shape index (κ1) is 23.0. The number of benzene rings is 2. The smallest absolute Gasteiger partial charge is 0.223 e. The van der Waals surface area contributed by atoms with E-state index in [1.54, 1.807) is 18.2 Å². The van der Waals surface area contributed by atoms with Crippen LogP contribution < -0.4 is 20.9 Å². The van der Waals surface area contributed by atoms with E-state index in [1.807, 2.05) is 24.3 Å². The van der Waals surface area contributed by atoms with Gasteiger partial charge in [0.2, 0.25) is 17.3 Å². The number of likely N-dealkylation sites (N-methyl/N-ethyl adjacent to an activating group) is 1. The average molecular weight is 476 g/mol. The van der Waals surface area contributed by atoms with Crippen LogP contribution in [0.25, 0.3) is 0 Å². The fraction of sp³-hybridized carbons (Fsp3) is 0.360. The summed E-state index contributed by atoms with van der Waals surface area (Å²) in [5, 5.41) is 19.8. The van der Waals surface area contributed by atoms with Crippen molar-refractivity contribution in [3.05, 3.63) is 75.8 Å². The van der Waals surface area contributed by atoms with Gasteiger partial charge in [-0.1, -0.05) is 24.3 Å². The fourth-order valence-electron chi connectivity index (χ4n) is 4.67. The molecule has 2 aromatic carbocycles. The van der Waals surface area contributed by atoms with Crippen LogP contribution in [0.5, 0.6) is 0 Å². The molecule has 1 aliphatic heterocycles. The number of anilines is 2. The molecule has 2 heterocycles. The van der Waals surface area contributed by atoms with Gasteiger partial charge in [-0.25, -0.2) is 0 Å². The van der Waals surface area contributed by atoms with Crippen molar-refractivity contribution in [2.24, 2.45) is 5.73 Å². The van der Waals surface area contributed by atoms with Crippen molar-refractivity contribution < 1.29 is 14.5 Å². The molecule has 0 saturated carbocycles. The van der Waals surface area contributed by atoms with Crippen LogP contribution in [0, 0.1) is 5.21 Å². The average Bonchev–Trinajstić information content (AvgIpc) is 3.20. The van der Waals surface area contributed by atoms with Crippen molar-refractivity contribution in [2.75, 3.05) is 56.5 Å². The van der Waals surface area contributed by atoms with Crippen LogP contribution in [-0.4, -0.2) is 72.6 Å². The Morgan fingerprint density at radius 2 is 1.80 bits per heavy atom. The Kier molecular flexibility index (Phi) is 6.23. The molecule has 0 unspecified atom stereocenters. The molecule has 10 nitrogen and oxygen atoms in total. The molecule has 182 valence electrons. The molecule has 0 radical (unpaired) electrons. The lowest BCUT2D eigenvalue weighted by Crippen LogP contribution is -2.44. The SMILES string of the molecule is CN1CCN(c2ccc(Cn3c4c(n[n+]3[O-])C(=O)c3c(NCCCN)cccc3C4=O)cc2)CC1. The van der Waals surface area contributed by atoms with Gasteiger partial charge in [0.05, 0.1) is 5.56 Å². The predicted octanol–water partition coefficient (Wildman–Crippen LogP) is 0.853. The van der Waals surface area contributed by atoms with Gasteiger partial charge in [-0.2, -0.15) is 0 Å². The normalized spacial score (nSPS) is 15.8. The van der Waals surface area contributed by atoms with Gasteiger partial charge in [0.15, 0.2) is 5.69 Å². The summed E-state index contributed by atoms with van der Waals surface area (Å²) in [6.07, 6.45) is 0.722. The molecule has 5 rings (SSSR count). The minimum absolute atomic E-state index is 0.0275. The van der Waals surface area contributed by atoms with Crippen LogP contribution in [0.3, 0.4) is 0 Å². The first-order chi connectivity index (χ1) is 17.0. The van der Waals surface area contributed by atoms with E-state index in [-0.39, 0.29) is 34.8 Å². The Labute approximate surface area is 203 Å². The molecule has 0 amide bonds. The number of piperazine rings is 1. The second-order valence-electron chi connectivity index (χ2n) is 9.02. The Morgan fingerprint density at radius 1 is 1.06 bits per heavy atom. The minimum Gasteiger partial charge on any atom is -0.571 e. The highest BCUT2D eigenvalue weighted by atomic mass is 16.5. The Morgan fingerprint density at radius 3 is 2.51 bits per heavy atom. The highest BCUT2D eigenvalue weighted by Crippen LogP contribution is 2.31. The Hall–Kier alpha value is -3.76. The van der Waals surface area contributed by atoms with Crippen LogP contribution >= 0.6 is 0 Å². The second-order valence-corrected chi connectivity index (χ2v) is 9.02. The van der Waals surface area contributed by atoms with Gasteiger partial charge < -0.3 is 26.1 Å². The number of nitrogens with zero attached hydrogens (tertiary/aromatic N) is 5. The highest BCUT2D eigenvalue weighted by Gasteiger charge is 2.40. The van der Waals surface area contributed by atoms with Gasteiger partial charge in [0.25, 0.3) is 0 Å². The van der Waals surface area contributed by atoms with Gasteiger partial charge in [0.1, 0.15) is 6.54 Å². The number of aromatic nitrogens is 3. The topological polar surface area (TPSA) is 123 Å². The van der Waals surface area contributed by atoms with Crippen LogP contribution in [0.1, 0.15) is 44.1 Å². The maximum absolute atomic E-state index is 13.4. The molecule has 0 bridgehead atoms. The molecule has 35 heavy (non-hydrogen) atoms. The van der Waals surface area contributed by atoms with Crippen LogP contribution in [0.15, 0.2) is 42.5 Å². The van der Waals surface area contributed by atoms with Crippen LogP contribution in [-0.2, 0) is 6.54 Å². The zero-order chi connectivity index (χ0) is 24.5. The molecule has 3 aromatic rings. The van der Waals surface area contributed by atoms with Crippen LogP contribution in [0.2, 0.25) is 0 Å². The lowest BCUT2D eigenvalue weighted by molar-refractivity contribution is -0.748. The van der Waals surface area contributed by atoms with Crippen molar-refractivity contribution in [3.8, 4) is 0 Å². The third kappa shape index (κ3) is 4.26. The number of rotatable bonds is 7. The first-order valence-corrected chi connectivity index (χ1v) is 11.9. The van der Waals surface area contributed by atoms with E-state index in [0.717, 1.165) is 43.9 Å². The number of hydrogen-bond donors (Lipinski definition) is 2. The molecule has 10 heteroatoms. The van der Waals surface area contributed by atoms with Gasteiger partial charge in [-0.05, 0) is 43.8 Å². The van der Waals surface area contributed by atoms with Crippen molar-refractivity contribution in [1.82, 2.24) is 14.7 Å². The number of carbonyl (C=O) groups is 2. The van der Waals surface area contributed by atoms with E-state index in [2.05, 4.69) is 27.3 Å². The third-order valence-electron chi connectivity index (χ3n) is 6.67. The third-order valence-corrected chi connectivity index (χ3v) is 6.67. The summed E-state index contributed by atoms with van der Waals surface area (Å²) < 4.78 is 1.23. The van der Waals surface area contributed by atoms with Gasteiger partial charge in [-0.3, -0.25) is 9.59 Å². The van der Waals surface area contributed by atoms with E-state index in [9.17, 15) is 14.8 Å². The zero-order valence-corrected chi connectivity index (χ0v) is 19.7. The standard InChI is InChI=1S/C25H29N7O3/c1-29-12-14-30(15-13-29)18-8-6-17(7-9-18)16-31-23-22(28-32(31)35)25(34)21-19(24(23)33)4-2-5-20(21)27-11-3-10-26/h2,4-9,27H,3,10-16,26H2,1H3. The van der Waals surface area contributed by atoms with E-state index in [4.69, 9.17) is 5.73 Å². The molecule has 1 aromatic heterocycles. The predicted molar refractivity (Wildman–Crippen MR) is 132 cm³/mol. The summed E-state index contributed by atoms with van der Waals surface area (Å²) >= 11 is 0. The largest absolute Gasteiger partial charge is 0.571 e. The zero-order valence-electron chi connectivity index (χ0n) is 19.7. The number of nitrogens with two attached hydrogens (primary N) is 1. The van der Waals surface area contributed by atoms with E-state index in [0.29, 0.717) is 23.7 Å². The number of ketones is 2. The molecule has 3 N–H and O–H groups in total. The molecule has 0 spiro atoms. The summed E-state index contributed by atoms with van der Waals surface area (Å²) in [6, 6.07) is 13.0. The number of fused-ring (bicyclic) bond motifs is 2. The molecule has 0 atom stereocenters. The summed E-state index contributed by atoms with van der Waals surface area (Å²) in [5.41, 5.74) is 8.52. The van der Waals surface area contributed by atoms with Crippen molar-refractivity contribution in [2.45, 2.75) is 13.0 Å². The molecule has 1 aliphatic carbocycles. The van der Waals surface area contributed by atoms with Crippen molar-refractivity contribution in [1.29, 1.82) is 0 Å². The van der Waals surface area contributed by atoms with E-state index < -0.39 is 5.78 Å². The monoisotopic (exact) mass is 475 g/mol. The number of nitrogens with one attached hydrogen (secondary N) is 1.